The Hall–Kier alpha value is -2.39. The average molecular weight is 723 g/mol. The van der Waals surface area contributed by atoms with Gasteiger partial charge < -0.3 is 14.2 Å². The van der Waals surface area contributed by atoms with E-state index in [1.165, 1.54) is 126 Å². The predicted octanol–water partition coefficient (Wildman–Crippen LogP) is 9.72. The third-order valence-electron chi connectivity index (χ3n) is 7.82. The zero-order valence-corrected chi connectivity index (χ0v) is 32.0. The molecule has 0 bridgehead atoms. The summed E-state index contributed by atoms with van der Waals surface area (Å²) in [6.07, 6.45) is 24.6. The molecule has 0 aliphatic rings. The smallest absolute Gasteiger partial charge is 0.320 e. The number of unbranched alkanes of at least 4 members (excludes halogenated alkanes) is 18. The van der Waals surface area contributed by atoms with E-state index in [0.717, 1.165) is 25.7 Å². The summed E-state index contributed by atoms with van der Waals surface area (Å²) in [5.41, 5.74) is 0. The molecule has 0 radical (unpaired) electrons. The average Bonchev–Trinajstić information content (AvgIpc) is 3.09. The SMILES string of the molecule is CCCCCCCCCCCCOC(=O)CCSc1nc(COC(=O)CC#N)nc(SCCC(=O)OCCCCCCCCCCCC)n1. The molecular weight excluding hydrogens is 661 g/mol. The first kappa shape index (κ1) is 44.6. The van der Waals surface area contributed by atoms with Crippen molar-refractivity contribution in [3.05, 3.63) is 5.82 Å². The van der Waals surface area contributed by atoms with Crippen LogP contribution in [0, 0.1) is 11.3 Å². The lowest BCUT2D eigenvalue weighted by atomic mass is 10.1. The normalized spacial score (nSPS) is 10.9. The quantitative estimate of drug-likeness (QED) is 0.0295. The second-order valence-corrected chi connectivity index (χ2v) is 14.4. The summed E-state index contributed by atoms with van der Waals surface area (Å²) in [6.45, 7) is 5.14. The first-order valence-corrected chi connectivity index (χ1v) is 20.8. The Bertz CT molecular complexity index is 994. The lowest BCUT2D eigenvalue weighted by Crippen LogP contribution is -2.10. The highest BCUT2D eigenvalue weighted by Crippen LogP contribution is 2.21. The van der Waals surface area contributed by atoms with E-state index in [1.54, 1.807) is 6.07 Å². The molecule has 0 saturated carbocycles. The number of hydrogen-bond acceptors (Lipinski definition) is 12. The van der Waals surface area contributed by atoms with Crippen LogP contribution in [0.2, 0.25) is 0 Å². The number of carbonyl (C=O) groups excluding carboxylic acids is 3. The van der Waals surface area contributed by atoms with Crippen molar-refractivity contribution in [1.82, 2.24) is 15.0 Å². The van der Waals surface area contributed by atoms with Crippen molar-refractivity contribution >= 4 is 41.4 Å². The van der Waals surface area contributed by atoms with Gasteiger partial charge in [0.15, 0.2) is 22.7 Å². The number of ether oxygens (including phenoxy) is 3. The van der Waals surface area contributed by atoms with E-state index < -0.39 is 5.97 Å². The Labute approximate surface area is 304 Å². The van der Waals surface area contributed by atoms with Gasteiger partial charge in [-0.15, -0.1) is 0 Å². The Kier molecular flexibility index (Phi) is 29.9. The van der Waals surface area contributed by atoms with E-state index in [9.17, 15) is 14.4 Å². The van der Waals surface area contributed by atoms with Crippen molar-refractivity contribution in [3.8, 4) is 6.07 Å². The summed E-state index contributed by atoms with van der Waals surface area (Å²) in [4.78, 5) is 49.3. The maximum absolute atomic E-state index is 12.2. The van der Waals surface area contributed by atoms with Crippen LogP contribution in [0.1, 0.15) is 167 Å². The van der Waals surface area contributed by atoms with Gasteiger partial charge in [-0.25, -0.2) is 9.97 Å². The number of hydrogen-bond donors (Lipinski definition) is 0. The molecule has 0 unspecified atom stereocenters. The van der Waals surface area contributed by atoms with Gasteiger partial charge in [-0.2, -0.15) is 10.2 Å². The third-order valence-corrected chi connectivity index (χ3v) is 9.52. The van der Waals surface area contributed by atoms with Crippen LogP contribution in [-0.2, 0) is 35.2 Å². The standard InChI is InChI=1S/C37H62N4O6S2/c1-3-5-7-9-11-13-15-17-19-21-27-45-34(43)24-29-48-36-39-32(31-47-33(42)23-26-38)40-37(41-36)49-30-25-35(44)46-28-22-20-18-16-14-12-10-8-6-4-2/h3-25,27-31H2,1-2H3. The Balaban J connectivity index is 2.35. The lowest BCUT2D eigenvalue weighted by Gasteiger charge is -2.08. The van der Waals surface area contributed by atoms with Gasteiger partial charge in [0.2, 0.25) is 0 Å². The van der Waals surface area contributed by atoms with Crippen LogP contribution in [0.25, 0.3) is 0 Å². The van der Waals surface area contributed by atoms with Crippen molar-refractivity contribution in [2.24, 2.45) is 0 Å². The molecule has 0 spiro atoms. The highest BCUT2D eigenvalue weighted by Gasteiger charge is 2.13. The molecule has 0 atom stereocenters. The van der Waals surface area contributed by atoms with E-state index in [2.05, 4.69) is 28.8 Å². The Morgan fingerprint density at radius 3 is 1.33 bits per heavy atom. The Morgan fingerprint density at radius 2 is 0.939 bits per heavy atom. The number of carbonyl (C=O) groups is 3. The fourth-order valence-corrected chi connectivity index (χ4v) is 6.58. The number of nitriles is 1. The van der Waals surface area contributed by atoms with Gasteiger partial charge in [0, 0.05) is 11.5 Å². The highest BCUT2D eigenvalue weighted by atomic mass is 32.2. The zero-order valence-electron chi connectivity index (χ0n) is 30.4. The molecule has 10 nitrogen and oxygen atoms in total. The second kappa shape index (κ2) is 32.8. The molecule has 12 heteroatoms. The van der Waals surface area contributed by atoms with Crippen LogP contribution in [0.3, 0.4) is 0 Å². The number of nitrogens with zero attached hydrogens (tertiary/aromatic N) is 4. The number of esters is 3. The fraction of sp³-hybridized carbons (Fsp3) is 0.811. The van der Waals surface area contributed by atoms with Crippen LogP contribution in [-0.4, -0.2) is 57.6 Å². The minimum atomic E-state index is -0.665. The summed E-state index contributed by atoms with van der Waals surface area (Å²) >= 11 is 2.57. The largest absolute Gasteiger partial charge is 0.466 e. The monoisotopic (exact) mass is 722 g/mol. The van der Waals surface area contributed by atoms with Crippen molar-refractivity contribution in [2.75, 3.05) is 24.7 Å². The summed E-state index contributed by atoms with van der Waals surface area (Å²) in [6, 6.07) is 1.75. The summed E-state index contributed by atoms with van der Waals surface area (Å²) < 4.78 is 15.9. The van der Waals surface area contributed by atoms with Crippen LogP contribution in [0.15, 0.2) is 10.3 Å². The van der Waals surface area contributed by atoms with Gasteiger partial charge >= 0.3 is 17.9 Å². The first-order chi connectivity index (χ1) is 24.0. The van der Waals surface area contributed by atoms with Crippen LogP contribution >= 0.6 is 23.5 Å². The molecule has 0 N–H and O–H groups in total. The maximum Gasteiger partial charge on any atom is 0.320 e. The van der Waals surface area contributed by atoms with E-state index in [4.69, 9.17) is 19.5 Å². The van der Waals surface area contributed by atoms with Gasteiger partial charge in [0.05, 0.1) is 32.1 Å². The third kappa shape index (κ3) is 28.0. The second-order valence-electron chi connectivity index (χ2n) is 12.3. The van der Waals surface area contributed by atoms with Crippen LogP contribution in [0.4, 0.5) is 0 Å². The molecule has 278 valence electrons. The molecule has 0 aliphatic heterocycles. The summed E-state index contributed by atoms with van der Waals surface area (Å²) in [5.74, 6) is -0.100. The minimum absolute atomic E-state index is 0.202. The number of rotatable bonds is 33. The molecular formula is C37H62N4O6S2. The molecule has 0 aromatic carbocycles. The molecule has 49 heavy (non-hydrogen) atoms. The lowest BCUT2D eigenvalue weighted by molar-refractivity contribution is -0.144. The van der Waals surface area contributed by atoms with Crippen LogP contribution < -0.4 is 0 Å². The molecule has 1 aromatic heterocycles. The van der Waals surface area contributed by atoms with E-state index >= 15 is 0 Å². The molecule has 0 amide bonds. The van der Waals surface area contributed by atoms with Gasteiger partial charge in [0.25, 0.3) is 0 Å². The van der Waals surface area contributed by atoms with Crippen molar-refractivity contribution < 1.29 is 28.6 Å². The first-order valence-electron chi connectivity index (χ1n) is 18.8. The van der Waals surface area contributed by atoms with Crippen LogP contribution in [0.5, 0.6) is 0 Å². The summed E-state index contributed by atoms with van der Waals surface area (Å²) in [5, 5.41) is 9.48. The van der Waals surface area contributed by atoms with Crippen molar-refractivity contribution in [1.29, 1.82) is 5.26 Å². The fourth-order valence-electron chi connectivity index (χ4n) is 4.98. The van der Waals surface area contributed by atoms with Gasteiger partial charge in [-0.05, 0) is 12.8 Å². The Morgan fingerprint density at radius 1 is 0.551 bits per heavy atom. The zero-order chi connectivity index (χ0) is 35.6. The molecule has 1 aromatic rings. The number of aromatic nitrogens is 3. The van der Waals surface area contributed by atoms with Crippen molar-refractivity contribution in [2.45, 2.75) is 178 Å². The number of thioether (sulfide) groups is 2. The molecule has 0 saturated heterocycles. The predicted molar refractivity (Wildman–Crippen MR) is 196 cm³/mol. The maximum atomic E-state index is 12.2. The van der Waals surface area contributed by atoms with E-state index in [-0.39, 0.29) is 43.6 Å². The molecule has 1 rings (SSSR count). The minimum Gasteiger partial charge on any atom is -0.466 e. The van der Waals surface area contributed by atoms with Crippen molar-refractivity contribution in [3.63, 3.8) is 0 Å². The molecule has 0 fully saturated rings. The highest BCUT2D eigenvalue weighted by molar-refractivity contribution is 7.99. The van der Waals surface area contributed by atoms with Gasteiger partial charge in [0.1, 0.15) is 6.42 Å². The summed E-state index contributed by atoms with van der Waals surface area (Å²) in [7, 11) is 0. The topological polar surface area (TPSA) is 141 Å². The van der Waals surface area contributed by atoms with E-state index in [1.807, 2.05) is 0 Å². The molecule has 0 aliphatic carbocycles. The van der Waals surface area contributed by atoms with Gasteiger partial charge in [-0.3, -0.25) is 14.4 Å². The van der Waals surface area contributed by atoms with Gasteiger partial charge in [-0.1, -0.05) is 153 Å². The molecule has 1 heterocycles. The van der Waals surface area contributed by atoms with E-state index in [0.29, 0.717) is 35.0 Å².